The molecule has 0 atom stereocenters. The minimum Gasteiger partial charge on any atom is -0.482 e. The van der Waals surface area contributed by atoms with Crippen molar-refractivity contribution in [3.63, 3.8) is 0 Å². The quantitative estimate of drug-likeness (QED) is 0.556. The molecule has 0 radical (unpaired) electrons. The van der Waals surface area contributed by atoms with E-state index in [0.29, 0.717) is 6.04 Å². The van der Waals surface area contributed by atoms with Crippen LogP contribution in [0.5, 0.6) is 5.75 Å². The van der Waals surface area contributed by atoms with E-state index in [9.17, 15) is 13.2 Å². The first-order chi connectivity index (χ1) is 16.6. The molecular weight excluding hydrogens is 461 g/mol. The first kappa shape index (κ1) is 24.7. The van der Waals surface area contributed by atoms with Crippen LogP contribution >= 0.6 is 0 Å². The van der Waals surface area contributed by atoms with Gasteiger partial charge in [-0.15, -0.1) is 0 Å². The Bertz CT molecular complexity index is 1170. The van der Waals surface area contributed by atoms with Crippen LogP contribution in [0.1, 0.15) is 44.0 Å². The average molecular weight is 489 g/mol. The molecule has 1 spiro atoms. The minimum atomic E-state index is -5.08. The van der Waals surface area contributed by atoms with Crippen LogP contribution in [0.15, 0.2) is 54.9 Å². The number of likely N-dealkylation sites (tertiary alicyclic amines) is 1. The topological polar surface area (TPSA) is 80.5 Å². The zero-order valence-electron chi connectivity index (χ0n) is 19.5. The van der Waals surface area contributed by atoms with Crippen LogP contribution in [-0.4, -0.2) is 50.0 Å². The Labute approximate surface area is 201 Å². The number of carbonyl (C=O) groups is 1. The maximum absolute atomic E-state index is 10.6. The number of pyridine rings is 1. The predicted octanol–water partition coefficient (Wildman–Crippen LogP) is 5.04. The Morgan fingerprint density at radius 2 is 1.80 bits per heavy atom. The normalized spacial score (nSPS) is 16.6. The van der Waals surface area contributed by atoms with E-state index in [1.54, 1.807) is 0 Å². The second-order valence-electron chi connectivity index (χ2n) is 8.94. The van der Waals surface area contributed by atoms with Crippen molar-refractivity contribution in [2.75, 3.05) is 13.1 Å². The molecular formula is C25H27F3N4O3. The van der Waals surface area contributed by atoms with E-state index in [0.717, 1.165) is 49.5 Å². The molecule has 0 saturated carbocycles. The van der Waals surface area contributed by atoms with Gasteiger partial charge in [-0.2, -0.15) is 18.3 Å². The fourth-order valence-corrected chi connectivity index (χ4v) is 4.54. The number of nitrogens with zero attached hydrogens (tertiary/aromatic N) is 4. The molecule has 0 amide bonds. The number of halogens is 3. The number of aliphatic carboxylic acids is 1. The van der Waals surface area contributed by atoms with E-state index in [1.807, 2.05) is 18.5 Å². The number of hydrogen-bond acceptors (Lipinski definition) is 5. The number of para-hydroxylation sites is 1. The van der Waals surface area contributed by atoms with Crippen LogP contribution in [0.3, 0.4) is 0 Å². The maximum atomic E-state index is 10.6. The van der Waals surface area contributed by atoms with E-state index in [-0.39, 0.29) is 5.60 Å². The summed E-state index contributed by atoms with van der Waals surface area (Å²) in [6, 6.07) is 14.8. The molecule has 1 N–H and O–H groups in total. The highest BCUT2D eigenvalue weighted by Gasteiger charge is 2.45. The molecule has 2 aliphatic heterocycles. The molecule has 5 rings (SSSR count). The summed E-state index contributed by atoms with van der Waals surface area (Å²) in [5, 5.41) is 11.9. The Morgan fingerprint density at radius 3 is 2.40 bits per heavy atom. The SMILES string of the molecule is CC(C)n1ncc2c1-c1ccccc1OC21CCN(Cc2ccccn2)CC1.O=C(O)C(F)(F)F. The first-order valence-corrected chi connectivity index (χ1v) is 11.4. The van der Waals surface area contributed by atoms with Crippen molar-refractivity contribution in [1.82, 2.24) is 19.7 Å². The fourth-order valence-electron chi connectivity index (χ4n) is 4.54. The van der Waals surface area contributed by atoms with Crippen molar-refractivity contribution in [1.29, 1.82) is 0 Å². The van der Waals surface area contributed by atoms with Crippen LogP contribution < -0.4 is 4.74 Å². The lowest BCUT2D eigenvalue weighted by atomic mass is 9.81. The Hall–Kier alpha value is -3.40. The lowest BCUT2D eigenvalue weighted by Crippen LogP contribution is -2.47. The summed E-state index contributed by atoms with van der Waals surface area (Å²) in [6.07, 6.45) is 0.754. The number of carboxylic acid groups (broad SMARTS) is 1. The highest BCUT2D eigenvalue weighted by Crippen LogP contribution is 2.50. The average Bonchev–Trinajstić information content (AvgIpc) is 3.28. The number of piperidine rings is 1. The van der Waals surface area contributed by atoms with Gasteiger partial charge >= 0.3 is 12.1 Å². The van der Waals surface area contributed by atoms with Gasteiger partial charge in [-0.3, -0.25) is 14.6 Å². The highest BCUT2D eigenvalue weighted by molar-refractivity contribution is 5.74. The van der Waals surface area contributed by atoms with Gasteiger partial charge in [0.1, 0.15) is 11.4 Å². The summed E-state index contributed by atoms with van der Waals surface area (Å²) in [5.74, 6) is -1.77. The summed E-state index contributed by atoms with van der Waals surface area (Å²) in [6.45, 7) is 7.25. The molecule has 0 unspecified atom stereocenters. The molecule has 4 heterocycles. The Kier molecular flexibility index (Phi) is 6.84. The lowest BCUT2D eigenvalue weighted by Gasteiger charge is -2.44. The third-order valence-corrected chi connectivity index (χ3v) is 6.24. The molecule has 10 heteroatoms. The third-order valence-electron chi connectivity index (χ3n) is 6.24. The van der Waals surface area contributed by atoms with Gasteiger partial charge in [0.2, 0.25) is 0 Å². The van der Waals surface area contributed by atoms with E-state index in [2.05, 4.69) is 64.8 Å². The molecule has 0 bridgehead atoms. The zero-order chi connectivity index (χ0) is 25.2. The Morgan fingerprint density at radius 1 is 1.14 bits per heavy atom. The molecule has 7 nitrogen and oxygen atoms in total. The van der Waals surface area contributed by atoms with Crippen molar-refractivity contribution in [2.24, 2.45) is 0 Å². The van der Waals surface area contributed by atoms with Crippen LogP contribution in [-0.2, 0) is 16.9 Å². The van der Waals surface area contributed by atoms with Gasteiger partial charge in [0.05, 0.1) is 17.6 Å². The summed E-state index contributed by atoms with van der Waals surface area (Å²) in [4.78, 5) is 15.9. The summed E-state index contributed by atoms with van der Waals surface area (Å²) < 4.78 is 40.6. The summed E-state index contributed by atoms with van der Waals surface area (Å²) >= 11 is 0. The predicted molar refractivity (Wildman–Crippen MR) is 123 cm³/mol. The van der Waals surface area contributed by atoms with Gasteiger partial charge in [0.25, 0.3) is 0 Å². The number of aromatic nitrogens is 3. The van der Waals surface area contributed by atoms with Gasteiger partial charge in [-0.05, 0) is 38.1 Å². The van der Waals surface area contributed by atoms with Crippen molar-refractivity contribution < 1.29 is 27.8 Å². The van der Waals surface area contributed by atoms with Crippen molar-refractivity contribution in [3.05, 3.63) is 66.1 Å². The number of hydrogen-bond donors (Lipinski definition) is 1. The van der Waals surface area contributed by atoms with Crippen LogP contribution in [0.25, 0.3) is 11.3 Å². The van der Waals surface area contributed by atoms with Crippen LogP contribution in [0, 0.1) is 0 Å². The molecule has 0 aliphatic carbocycles. The van der Waals surface area contributed by atoms with Gasteiger partial charge in [-0.1, -0.05) is 18.2 Å². The van der Waals surface area contributed by atoms with Crippen molar-refractivity contribution >= 4 is 5.97 Å². The third kappa shape index (κ3) is 5.17. The first-order valence-electron chi connectivity index (χ1n) is 11.4. The van der Waals surface area contributed by atoms with Gasteiger partial charge in [0.15, 0.2) is 0 Å². The molecule has 1 aromatic carbocycles. The van der Waals surface area contributed by atoms with Crippen molar-refractivity contribution in [2.45, 2.75) is 51.1 Å². The number of rotatable bonds is 3. The largest absolute Gasteiger partial charge is 0.490 e. The monoisotopic (exact) mass is 488 g/mol. The van der Waals surface area contributed by atoms with Crippen LogP contribution in [0.4, 0.5) is 13.2 Å². The summed E-state index contributed by atoms with van der Waals surface area (Å²) in [7, 11) is 0. The van der Waals surface area contributed by atoms with Crippen molar-refractivity contribution in [3.8, 4) is 17.0 Å². The molecule has 2 aliphatic rings. The van der Waals surface area contributed by atoms with Gasteiger partial charge < -0.3 is 9.84 Å². The smallest absolute Gasteiger partial charge is 0.482 e. The zero-order valence-corrected chi connectivity index (χ0v) is 19.5. The number of benzene rings is 1. The Balaban J connectivity index is 0.000000364. The van der Waals surface area contributed by atoms with E-state index in [4.69, 9.17) is 19.7 Å². The maximum Gasteiger partial charge on any atom is 0.490 e. The lowest BCUT2D eigenvalue weighted by molar-refractivity contribution is -0.192. The molecule has 1 fully saturated rings. The molecule has 2 aromatic heterocycles. The number of ether oxygens (including phenoxy) is 1. The highest BCUT2D eigenvalue weighted by atomic mass is 19.4. The van der Waals surface area contributed by atoms with Gasteiger partial charge in [-0.25, -0.2) is 4.79 Å². The van der Waals surface area contributed by atoms with Crippen LogP contribution in [0.2, 0.25) is 0 Å². The summed E-state index contributed by atoms with van der Waals surface area (Å²) in [5.41, 5.74) is 4.48. The molecule has 186 valence electrons. The second-order valence-corrected chi connectivity index (χ2v) is 8.94. The minimum absolute atomic E-state index is 0.280. The number of fused-ring (bicyclic) bond motifs is 4. The second kappa shape index (κ2) is 9.69. The molecule has 1 saturated heterocycles. The van der Waals surface area contributed by atoms with E-state index >= 15 is 0 Å². The fraction of sp³-hybridized carbons (Fsp3) is 0.400. The molecule has 3 aromatic rings. The van der Waals surface area contributed by atoms with Gasteiger partial charge in [0, 0.05) is 55.8 Å². The molecule has 35 heavy (non-hydrogen) atoms. The standard InChI is InChI=1S/C23H26N4O.C2HF3O2/c1-17(2)27-22-19-8-3-4-9-21(19)28-23(20(22)15-25-27)10-13-26(14-11-23)16-18-7-5-6-12-24-18;3-2(4,5)1(6)7/h3-9,12,15,17H,10-11,13-14,16H2,1-2H3;(H,6,7). The van der Waals surface area contributed by atoms with E-state index in [1.165, 1.54) is 11.3 Å². The van der Waals surface area contributed by atoms with E-state index < -0.39 is 12.1 Å². The number of alkyl halides is 3. The number of carboxylic acids is 1.